The summed E-state index contributed by atoms with van der Waals surface area (Å²) in [6.45, 7) is 27.0. The van der Waals surface area contributed by atoms with E-state index in [0.717, 1.165) is 6.42 Å². The van der Waals surface area contributed by atoms with Crippen LogP contribution in [0.5, 0.6) is 0 Å². The third-order valence-electron chi connectivity index (χ3n) is 10.5. The minimum Gasteiger partial charge on any atom is -0.388 e. The molecule has 0 saturated carbocycles. The molecule has 3 heterocycles. The first-order chi connectivity index (χ1) is 18.2. The Labute approximate surface area is 239 Å². The molecule has 3 rings (SSSR count). The van der Waals surface area contributed by atoms with Crippen LogP contribution in [0.3, 0.4) is 0 Å². The SMILES string of the molecule is CC(C)CC1O[C@@H](OCC2O[C@@H](OCC3O[C@@H](OC(C)C)C(C)[C@@H](C)[C@H]3C)C(O)[C@@H](C)[C@H]2C)C(C)[C@@H](C)[C@H]1C. The number of ether oxygens (including phenoxy) is 6. The second-order valence-electron chi connectivity index (χ2n) is 14.0. The summed E-state index contributed by atoms with van der Waals surface area (Å²) in [5.41, 5.74) is 0. The van der Waals surface area contributed by atoms with Crippen molar-refractivity contribution >= 4 is 0 Å². The molecule has 0 aromatic rings. The van der Waals surface area contributed by atoms with E-state index >= 15 is 0 Å². The minimum absolute atomic E-state index is 0.00958. The zero-order valence-corrected chi connectivity index (χ0v) is 26.8. The summed E-state index contributed by atoms with van der Waals surface area (Å²) in [5, 5.41) is 11.0. The lowest BCUT2D eigenvalue weighted by Gasteiger charge is -2.47. The highest BCUT2D eigenvalue weighted by Gasteiger charge is 2.45. The molecule has 230 valence electrons. The van der Waals surface area contributed by atoms with Gasteiger partial charge in [0.1, 0.15) is 6.10 Å². The van der Waals surface area contributed by atoms with E-state index in [1.807, 2.05) is 13.8 Å². The molecule has 0 amide bonds. The molecule has 39 heavy (non-hydrogen) atoms. The third-order valence-corrected chi connectivity index (χ3v) is 10.5. The molecule has 15 atom stereocenters. The van der Waals surface area contributed by atoms with Gasteiger partial charge >= 0.3 is 0 Å². The molecular formula is C32H60O7. The second-order valence-corrected chi connectivity index (χ2v) is 14.0. The molecule has 0 spiro atoms. The van der Waals surface area contributed by atoms with Gasteiger partial charge in [-0.2, -0.15) is 0 Å². The van der Waals surface area contributed by atoms with E-state index in [1.165, 1.54) is 0 Å². The van der Waals surface area contributed by atoms with Crippen LogP contribution < -0.4 is 0 Å². The quantitative estimate of drug-likeness (QED) is 0.348. The van der Waals surface area contributed by atoms with Gasteiger partial charge in [0.15, 0.2) is 18.9 Å². The Hall–Kier alpha value is -0.280. The highest BCUT2D eigenvalue weighted by Crippen LogP contribution is 2.40. The van der Waals surface area contributed by atoms with Gasteiger partial charge in [-0.1, -0.05) is 69.2 Å². The molecule has 3 fully saturated rings. The number of rotatable bonds is 10. The minimum atomic E-state index is -0.725. The van der Waals surface area contributed by atoms with Gasteiger partial charge in [0.2, 0.25) is 0 Å². The topological polar surface area (TPSA) is 75.6 Å². The summed E-state index contributed by atoms with van der Waals surface area (Å²) in [6.07, 6.45) is -0.939. The first-order valence-corrected chi connectivity index (χ1v) is 15.8. The number of hydrogen-bond donors (Lipinski definition) is 1. The van der Waals surface area contributed by atoms with Crippen LogP contribution >= 0.6 is 0 Å². The van der Waals surface area contributed by atoms with Crippen molar-refractivity contribution in [3.63, 3.8) is 0 Å². The van der Waals surface area contributed by atoms with Crippen LogP contribution in [0.25, 0.3) is 0 Å². The monoisotopic (exact) mass is 556 g/mol. The maximum atomic E-state index is 11.0. The van der Waals surface area contributed by atoms with Gasteiger partial charge in [0, 0.05) is 11.8 Å². The Morgan fingerprint density at radius 3 is 1.51 bits per heavy atom. The lowest BCUT2D eigenvalue weighted by Crippen LogP contribution is -2.54. The van der Waals surface area contributed by atoms with Gasteiger partial charge in [-0.15, -0.1) is 0 Å². The summed E-state index contributed by atoms with van der Waals surface area (Å²) in [4.78, 5) is 0. The van der Waals surface area contributed by atoms with Gasteiger partial charge in [0.25, 0.3) is 0 Å². The molecular weight excluding hydrogens is 496 g/mol. The highest BCUT2D eigenvalue weighted by molar-refractivity contribution is 4.88. The molecule has 0 aromatic carbocycles. The van der Waals surface area contributed by atoms with Gasteiger partial charge < -0.3 is 33.5 Å². The van der Waals surface area contributed by atoms with Gasteiger partial charge in [-0.05, 0) is 61.7 Å². The largest absolute Gasteiger partial charge is 0.388 e. The van der Waals surface area contributed by atoms with Crippen molar-refractivity contribution in [2.75, 3.05) is 13.2 Å². The van der Waals surface area contributed by atoms with Crippen molar-refractivity contribution in [1.82, 2.24) is 0 Å². The van der Waals surface area contributed by atoms with Crippen LogP contribution in [0, 0.1) is 53.3 Å². The van der Waals surface area contributed by atoms with E-state index in [9.17, 15) is 5.11 Å². The van der Waals surface area contributed by atoms with Crippen molar-refractivity contribution in [3.05, 3.63) is 0 Å². The molecule has 0 aliphatic carbocycles. The van der Waals surface area contributed by atoms with Crippen molar-refractivity contribution in [1.29, 1.82) is 0 Å². The van der Waals surface area contributed by atoms with E-state index < -0.39 is 12.4 Å². The fourth-order valence-electron chi connectivity index (χ4n) is 6.49. The van der Waals surface area contributed by atoms with Crippen LogP contribution in [-0.2, 0) is 28.4 Å². The number of aliphatic hydroxyl groups is 1. The maximum Gasteiger partial charge on any atom is 0.184 e. The Morgan fingerprint density at radius 1 is 0.538 bits per heavy atom. The number of aliphatic hydroxyl groups excluding tert-OH is 1. The normalized spacial score (nSPS) is 47.6. The Balaban J connectivity index is 1.60. The maximum absolute atomic E-state index is 11.0. The second kappa shape index (κ2) is 14.3. The number of hydrogen-bond acceptors (Lipinski definition) is 7. The summed E-state index contributed by atoms with van der Waals surface area (Å²) in [6, 6.07) is 0. The molecule has 3 aliphatic rings. The average molecular weight is 557 g/mol. The van der Waals surface area contributed by atoms with E-state index in [-0.39, 0.29) is 48.8 Å². The van der Waals surface area contributed by atoms with Gasteiger partial charge in [0.05, 0.1) is 37.6 Å². The Kier molecular flexibility index (Phi) is 12.1. The molecule has 3 aliphatic heterocycles. The zero-order chi connectivity index (χ0) is 29.2. The van der Waals surface area contributed by atoms with Crippen LogP contribution in [0.1, 0.15) is 89.5 Å². The molecule has 7 nitrogen and oxygen atoms in total. The van der Waals surface area contributed by atoms with Crippen LogP contribution in [0.2, 0.25) is 0 Å². The van der Waals surface area contributed by atoms with Crippen molar-refractivity contribution < 1.29 is 33.5 Å². The lowest BCUT2D eigenvalue weighted by molar-refractivity contribution is -0.315. The Morgan fingerprint density at radius 2 is 0.974 bits per heavy atom. The van der Waals surface area contributed by atoms with Crippen molar-refractivity contribution in [2.24, 2.45) is 53.3 Å². The standard InChI is InChI=1S/C32H60O7/c1-16(2)13-26-20(7)18(5)24(11)30(37-26)34-14-28-22(9)23(10)29(33)32(39-28)35-15-27-21(8)19(6)25(12)31(38-27)36-17(3)4/h16-33H,13-15H2,1-12H3/t18-,19-,20+,21+,22+,23-,24?,25?,26?,27?,28?,29?,30+,31+,32+/m0/s1. The molecule has 6 unspecified atom stereocenters. The fraction of sp³-hybridized carbons (Fsp3) is 1.00. The molecule has 0 radical (unpaired) electrons. The summed E-state index contributed by atoms with van der Waals surface area (Å²) < 4.78 is 38.0. The van der Waals surface area contributed by atoms with E-state index in [1.54, 1.807) is 0 Å². The predicted octanol–water partition coefficient (Wildman–Crippen LogP) is 6.12. The molecule has 7 heteroatoms. The van der Waals surface area contributed by atoms with Crippen LogP contribution in [0.15, 0.2) is 0 Å². The van der Waals surface area contributed by atoms with Gasteiger partial charge in [-0.3, -0.25) is 0 Å². The van der Waals surface area contributed by atoms with Crippen LogP contribution in [-0.4, -0.2) is 67.7 Å². The summed E-state index contributed by atoms with van der Waals surface area (Å²) >= 11 is 0. The van der Waals surface area contributed by atoms with Crippen LogP contribution in [0.4, 0.5) is 0 Å². The first-order valence-electron chi connectivity index (χ1n) is 15.8. The van der Waals surface area contributed by atoms with Gasteiger partial charge in [-0.25, -0.2) is 0 Å². The molecule has 3 saturated heterocycles. The summed E-state index contributed by atoms with van der Waals surface area (Å²) in [5.74, 6) is 3.05. The van der Waals surface area contributed by atoms with E-state index in [4.69, 9.17) is 28.4 Å². The van der Waals surface area contributed by atoms with E-state index in [2.05, 4.69) is 69.2 Å². The molecule has 1 N–H and O–H groups in total. The van der Waals surface area contributed by atoms with E-state index in [0.29, 0.717) is 54.6 Å². The molecule has 0 aromatic heterocycles. The average Bonchev–Trinajstić information content (AvgIpc) is 2.87. The summed E-state index contributed by atoms with van der Waals surface area (Å²) in [7, 11) is 0. The highest BCUT2D eigenvalue weighted by atomic mass is 16.7. The zero-order valence-electron chi connectivity index (χ0n) is 26.8. The lowest BCUT2D eigenvalue weighted by atomic mass is 9.77. The van der Waals surface area contributed by atoms with Crippen molar-refractivity contribution in [2.45, 2.75) is 139 Å². The fourth-order valence-corrected chi connectivity index (χ4v) is 6.49. The Bertz CT molecular complexity index is 673. The predicted molar refractivity (Wildman–Crippen MR) is 153 cm³/mol. The third kappa shape index (κ3) is 7.97. The van der Waals surface area contributed by atoms with Crippen molar-refractivity contribution in [3.8, 4) is 0 Å². The first kappa shape index (κ1) is 33.2. The molecule has 0 bridgehead atoms. The smallest absolute Gasteiger partial charge is 0.184 e.